The molecule has 0 spiro atoms. The van der Waals surface area contributed by atoms with Crippen LogP contribution in [0.15, 0.2) is 0 Å². The average Bonchev–Trinajstić information content (AvgIpc) is 2.13. The fraction of sp³-hybridized carbons (Fsp3) is 0.769. The maximum Gasteiger partial charge on any atom is 0.309 e. The van der Waals surface area contributed by atoms with E-state index in [4.69, 9.17) is 9.84 Å². The highest BCUT2D eigenvalue weighted by atomic mass is 16.6. The van der Waals surface area contributed by atoms with Crippen LogP contribution in [0.5, 0.6) is 0 Å². The fourth-order valence-electron chi connectivity index (χ4n) is 1.95. The molecule has 0 amide bonds. The normalized spacial score (nSPS) is 13.9. The van der Waals surface area contributed by atoms with Crippen LogP contribution in [-0.4, -0.2) is 28.4 Å². The number of carboxylic acids is 1. The van der Waals surface area contributed by atoms with Gasteiger partial charge in [0.15, 0.2) is 11.4 Å². The lowest BCUT2D eigenvalue weighted by atomic mass is 9.79. The maximum absolute atomic E-state index is 12.1. The van der Waals surface area contributed by atoms with Crippen LogP contribution in [0.3, 0.4) is 0 Å². The highest BCUT2D eigenvalue weighted by Gasteiger charge is 2.38. The lowest BCUT2D eigenvalue weighted by Crippen LogP contribution is -2.42. The van der Waals surface area contributed by atoms with E-state index in [2.05, 4.69) is 0 Å². The molecule has 0 heterocycles. The third-order valence-electron chi connectivity index (χ3n) is 2.84. The van der Waals surface area contributed by atoms with Gasteiger partial charge in [0.2, 0.25) is 0 Å². The fourth-order valence-corrected chi connectivity index (χ4v) is 1.95. The van der Waals surface area contributed by atoms with Crippen molar-refractivity contribution < 1.29 is 24.2 Å². The van der Waals surface area contributed by atoms with E-state index in [1.54, 1.807) is 20.8 Å². The standard InChI is InChI=1S/C13H22O5/c1-8(7-12(3,4)11(16)17)10(15)13(5,6)18-9(2)14/h8H,7H2,1-6H3,(H,16,17). The molecule has 5 heteroatoms. The van der Waals surface area contributed by atoms with Crippen LogP contribution in [0, 0.1) is 11.3 Å². The molecule has 104 valence electrons. The molecule has 0 fully saturated rings. The number of Topliss-reactive ketones (excluding diaryl/α,β-unsaturated/α-hetero) is 1. The number of ether oxygens (including phenoxy) is 1. The second-order valence-electron chi connectivity index (χ2n) is 5.76. The van der Waals surface area contributed by atoms with E-state index in [9.17, 15) is 14.4 Å². The Morgan fingerprint density at radius 3 is 1.94 bits per heavy atom. The minimum absolute atomic E-state index is 0.200. The lowest BCUT2D eigenvalue weighted by molar-refractivity contribution is -0.164. The summed E-state index contributed by atoms with van der Waals surface area (Å²) in [4.78, 5) is 34.1. The Bertz CT molecular complexity index is 354. The summed E-state index contributed by atoms with van der Waals surface area (Å²) in [5.74, 6) is -2.25. The Hall–Kier alpha value is -1.39. The van der Waals surface area contributed by atoms with Gasteiger partial charge in [0, 0.05) is 12.8 Å². The topological polar surface area (TPSA) is 80.7 Å². The van der Waals surface area contributed by atoms with Crippen molar-refractivity contribution in [2.24, 2.45) is 11.3 Å². The van der Waals surface area contributed by atoms with Crippen LogP contribution < -0.4 is 0 Å². The summed E-state index contributed by atoms with van der Waals surface area (Å²) in [7, 11) is 0. The zero-order valence-corrected chi connectivity index (χ0v) is 11.9. The van der Waals surface area contributed by atoms with Crippen LogP contribution in [-0.2, 0) is 19.1 Å². The van der Waals surface area contributed by atoms with Crippen LogP contribution in [0.1, 0.15) is 48.0 Å². The maximum atomic E-state index is 12.1. The van der Waals surface area contributed by atoms with Crippen molar-refractivity contribution in [2.75, 3.05) is 0 Å². The molecule has 0 saturated carbocycles. The van der Waals surface area contributed by atoms with E-state index < -0.39 is 28.9 Å². The lowest BCUT2D eigenvalue weighted by Gasteiger charge is -2.29. The molecule has 0 aromatic carbocycles. The highest BCUT2D eigenvalue weighted by molar-refractivity contribution is 5.90. The number of carboxylic acid groups (broad SMARTS) is 1. The van der Waals surface area contributed by atoms with Crippen molar-refractivity contribution >= 4 is 17.7 Å². The van der Waals surface area contributed by atoms with Gasteiger partial charge in [0.05, 0.1) is 5.41 Å². The highest BCUT2D eigenvalue weighted by Crippen LogP contribution is 2.29. The van der Waals surface area contributed by atoms with Crippen LogP contribution in [0.25, 0.3) is 0 Å². The van der Waals surface area contributed by atoms with Gasteiger partial charge in [-0.2, -0.15) is 0 Å². The van der Waals surface area contributed by atoms with Crippen LogP contribution >= 0.6 is 0 Å². The first-order valence-corrected chi connectivity index (χ1v) is 5.87. The number of rotatable bonds is 6. The molecule has 18 heavy (non-hydrogen) atoms. The number of esters is 1. The minimum atomic E-state index is -1.22. The Morgan fingerprint density at radius 1 is 1.17 bits per heavy atom. The van der Waals surface area contributed by atoms with Gasteiger partial charge in [-0.25, -0.2) is 0 Å². The second kappa shape index (κ2) is 5.50. The van der Waals surface area contributed by atoms with Gasteiger partial charge >= 0.3 is 11.9 Å². The molecule has 0 aromatic heterocycles. The van der Waals surface area contributed by atoms with Gasteiger partial charge in [-0.15, -0.1) is 0 Å². The first-order chi connectivity index (χ1) is 7.90. The molecule has 1 unspecified atom stereocenters. The van der Waals surface area contributed by atoms with Gasteiger partial charge in [-0.3, -0.25) is 14.4 Å². The van der Waals surface area contributed by atoms with E-state index >= 15 is 0 Å². The Morgan fingerprint density at radius 2 is 1.61 bits per heavy atom. The molecule has 1 atom stereocenters. The number of hydrogen-bond donors (Lipinski definition) is 1. The van der Waals surface area contributed by atoms with Crippen molar-refractivity contribution in [3.05, 3.63) is 0 Å². The largest absolute Gasteiger partial charge is 0.481 e. The monoisotopic (exact) mass is 258 g/mol. The first kappa shape index (κ1) is 16.6. The number of aliphatic carboxylic acids is 1. The summed E-state index contributed by atoms with van der Waals surface area (Å²) in [6.07, 6.45) is 0.200. The molecule has 0 bridgehead atoms. The van der Waals surface area contributed by atoms with E-state index in [-0.39, 0.29) is 12.2 Å². The number of carbonyl (C=O) groups excluding carboxylic acids is 2. The molecule has 0 radical (unpaired) electrons. The van der Waals surface area contributed by atoms with Gasteiger partial charge in [0.1, 0.15) is 0 Å². The van der Waals surface area contributed by atoms with E-state index in [1.165, 1.54) is 20.8 Å². The molecule has 0 aliphatic rings. The summed E-state index contributed by atoms with van der Waals surface area (Å²) in [5.41, 5.74) is -2.21. The number of hydrogen-bond acceptors (Lipinski definition) is 4. The zero-order valence-electron chi connectivity index (χ0n) is 11.9. The molecule has 0 aromatic rings. The van der Waals surface area contributed by atoms with Crippen molar-refractivity contribution in [3.63, 3.8) is 0 Å². The third-order valence-corrected chi connectivity index (χ3v) is 2.84. The molecule has 0 aliphatic carbocycles. The van der Waals surface area contributed by atoms with Crippen molar-refractivity contribution in [1.82, 2.24) is 0 Å². The van der Waals surface area contributed by atoms with Gasteiger partial charge in [-0.1, -0.05) is 6.92 Å². The number of carbonyl (C=O) groups is 3. The first-order valence-electron chi connectivity index (χ1n) is 5.87. The SMILES string of the molecule is CC(=O)OC(C)(C)C(=O)C(C)CC(C)(C)C(=O)O. The number of ketones is 1. The summed E-state index contributed by atoms with van der Waals surface area (Å²) in [6.45, 7) is 9.05. The molecule has 0 aliphatic heterocycles. The molecule has 5 nitrogen and oxygen atoms in total. The molecule has 0 rings (SSSR count). The predicted octanol–water partition coefficient (Wildman–Crippen LogP) is 2.03. The van der Waals surface area contributed by atoms with E-state index in [0.29, 0.717) is 0 Å². The average molecular weight is 258 g/mol. The summed E-state index contributed by atoms with van der Waals surface area (Å²) in [6, 6.07) is 0. The molecule has 1 N–H and O–H groups in total. The van der Waals surface area contributed by atoms with Gasteiger partial charge in [-0.05, 0) is 34.1 Å². The van der Waals surface area contributed by atoms with Crippen molar-refractivity contribution in [1.29, 1.82) is 0 Å². The summed E-state index contributed by atoms with van der Waals surface area (Å²) < 4.78 is 4.96. The van der Waals surface area contributed by atoms with Crippen LogP contribution in [0.4, 0.5) is 0 Å². The summed E-state index contributed by atoms with van der Waals surface area (Å²) >= 11 is 0. The third kappa shape index (κ3) is 4.47. The minimum Gasteiger partial charge on any atom is -0.481 e. The molecular weight excluding hydrogens is 236 g/mol. The van der Waals surface area contributed by atoms with E-state index in [1.807, 2.05) is 0 Å². The van der Waals surface area contributed by atoms with E-state index in [0.717, 1.165) is 0 Å². The van der Waals surface area contributed by atoms with Gasteiger partial charge < -0.3 is 9.84 Å². The smallest absolute Gasteiger partial charge is 0.309 e. The van der Waals surface area contributed by atoms with Crippen molar-refractivity contribution in [2.45, 2.75) is 53.6 Å². The predicted molar refractivity (Wildman–Crippen MR) is 66.0 cm³/mol. The van der Waals surface area contributed by atoms with Crippen molar-refractivity contribution in [3.8, 4) is 0 Å². The Labute approximate surface area is 108 Å². The Balaban J connectivity index is 4.80. The summed E-state index contributed by atoms with van der Waals surface area (Å²) in [5, 5.41) is 9.02. The quantitative estimate of drug-likeness (QED) is 0.737. The molecule has 0 saturated heterocycles. The van der Waals surface area contributed by atoms with Crippen LogP contribution in [0.2, 0.25) is 0 Å². The zero-order chi connectivity index (χ0) is 14.7. The Kier molecular flexibility index (Phi) is 5.08. The second-order valence-corrected chi connectivity index (χ2v) is 5.76. The molecular formula is C13H22O5. The van der Waals surface area contributed by atoms with Gasteiger partial charge in [0.25, 0.3) is 0 Å².